The first-order valence-corrected chi connectivity index (χ1v) is 8.90. The number of para-hydroxylation sites is 2. The minimum atomic E-state index is -0.000817. The molecular formula is C20H20N4O. The molecule has 0 spiro atoms. The molecule has 2 aliphatic rings. The van der Waals surface area contributed by atoms with Gasteiger partial charge < -0.3 is 14.8 Å². The number of nitrogens with zero attached hydrogens (tertiary/aromatic N) is 3. The fraction of sp³-hybridized carbons (Fsp3) is 0.300. The molecule has 5 nitrogen and oxygen atoms in total. The molecule has 0 radical (unpaired) electrons. The second-order valence-electron chi connectivity index (χ2n) is 6.76. The number of amides is 1. The van der Waals surface area contributed by atoms with Gasteiger partial charge in [-0.05, 0) is 36.6 Å². The third-order valence-corrected chi connectivity index (χ3v) is 5.25. The Labute approximate surface area is 146 Å². The SMILES string of the molecule is O=C1NCCn2c(CN3CCCc4ccccc43)nc3cccc1c32. The quantitative estimate of drug-likeness (QED) is 0.785. The van der Waals surface area contributed by atoms with E-state index in [4.69, 9.17) is 4.98 Å². The van der Waals surface area contributed by atoms with Gasteiger partial charge in [0.1, 0.15) is 5.82 Å². The van der Waals surface area contributed by atoms with Gasteiger partial charge in [0, 0.05) is 25.3 Å². The van der Waals surface area contributed by atoms with Crippen LogP contribution in [0.3, 0.4) is 0 Å². The smallest absolute Gasteiger partial charge is 0.253 e. The summed E-state index contributed by atoms with van der Waals surface area (Å²) in [6.07, 6.45) is 2.31. The lowest BCUT2D eigenvalue weighted by atomic mass is 10.0. The molecule has 0 unspecified atom stereocenters. The molecule has 5 rings (SSSR count). The average molecular weight is 332 g/mol. The number of aryl methyl sites for hydroxylation is 1. The van der Waals surface area contributed by atoms with Crippen molar-refractivity contribution in [3.8, 4) is 0 Å². The Hall–Kier alpha value is -2.82. The highest BCUT2D eigenvalue weighted by Gasteiger charge is 2.23. The van der Waals surface area contributed by atoms with Gasteiger partial charge in [-0.25, -0.2) is 4.98 Å². The van der Waals surface area contributed by atoms with Crippen LogP contribution in [-0.2, 0) is 19.5 Å². The lowest BCUT2D eigenvalue weighted by Crippen LogP contribution is -2.30. The van der Waals surface area contributed by atoms with Crippen molar-refractivity contribution in [3.63, 3.8) is 0 Å². The number of aromatic nitrogens is 2. The first kappa shape index (κ1) is 14.5. The highest BCUT2D eigenvalue weighted by molar-refractivity contribution is 6.05. The Balaban J connectivity index is 1.60. The van der Waals surface area contributed by atoms with Crippen molar-refractivity contribution >= 4 is 22.6 Å². The van der Waals surface area contributed by atoms with Gasteiger partial charge in [-0.1, -0.05) is 24.3 Å². The topological polar surface area (TPSA) is 50.2 Å². The van der Waals surface area contributed by atoms with Crippen molar-refractivity contribution in [2.75, 3.05) is 18.0 Å². The summed E-state index contributed by atoms with van der Waals surface area (Å²) >= 11 is 0. The normalized spacial score (nSPS) is 16.5. The molecule has 126 valence electrons. The van der Waals surface area contributed by atoms with E-state index in [1.807, 2.05) is 18.2 Å². The standard InChI is InChI=1S/C20H20N4O/c25-20-15-7-3-8-16-19(15)24(12-10-21-20)18(22-16)13-23-11-4-6-14-5-1-2-9-17(14)23/h1-3,5,7-9H,4,6,10-13H2,(H,21,25). The lowest BCUT2D eigenvalue weighted by molar-refractivity contribution is 0.0956. The Morgan fingerprint density at radius 2 is 2.00 bits per heavy atom. The molecule has 0 atom stereocenters. The number of hydrogen-bond acceptors (Lipinski definition) is 3. The predicted octanol–water partition coefficient (Wildman–Crippen LogP) is 2.73. The van der Waals surface area contributed by atoms with Crippen LogP contribution in [0.2, 0.25) is 0 Å². The molecule has 3 aromatic rings. The van der Waals surface area contributed by atoms with E-state index in [0.717, 1.165) is 48.5 Å². The first-order chi connectivity index (χ1) is 12.3. The molecule has 5 heteroatoms. The van der Waals surface area contributed by atoms with E-state index in [1.165, 1.54) is 17.7 Å². The second kappa shape index (κ2) is 5.62. The molecule has 1 aromatic heterocycles. The van der Waals surface area contributed by atoms with Gasteiger partial charge >= 0.3 is 0 Å². The van der Waals surface area contributed by atoms with Crippen LogP contribution < -0.4 is 10.2 Å². The number of benzene rings is 2. The molecule has 1 N–H and O–H groups in total. The molecule has 0 saturated carbocycles. The van der Waals surface area contributed by atoms with Crippen molar-refractivity contribution < 1.29 is 4.79 Å². The van der Waals surface area contributed by atoms with Gasteiger partial charge in [-0.2, -0.15) is 0 Å². The van der Waals surface area contributed by atoms with Crippen molar-refractivity contribution in [1.29, 1.82) is 0 Å². The number of hydrogen-bond donors (Lipinski definition) is 1. The fourth-order valence-corrected chi connectivity index (χ4v) is 4.10. The largest absolute Gasteiger partial charge is 0.364 e. The van der Waals surface area contributed by atoms with Gasteiger partial charge in [-0.15, -0.1) is 0 Å². The first-order valence-electron chi connectivity index (χ1n) is 8.90. The van der Waals surface area contributed by atoms with Crippen molar-refractivity contribution in [3.05, 3.63) is 59.4 Å². The average Bonchev–Trinajstić information content (AvgIpc) is 2.89. The van der Waals surface area contributed by atoms with Gasteiger partial charge in [0.2, 0.25) is 0 Å². The maximum atomic E-state index is 12.3. The summed E-state index contributed by atoms with van der Waals surface area (Å²) < 4.78 is 2.22. The zero-order valence-electron chi connectivity index (χ0n) is 14.0. The van der Waals surface area contributed by atoms with E-state index in [9.17, 15) is 4.79 Å². The third kappa shape index (κ3) is 2.30. The van der Waals surface area contributed by atoms with E-state index in [0.29, 0.717) is 6.54 Å². The van der Waals surface area contributed by atoms with Gasteiger partial charge in [0.05, 0.1) is 23.1 Å². The third-order valence-electron chi connectivity index (χ3n) is 5.25. The predicted molar refractivity (Wildman–Crippen MR) is 97.9 cm³/mol. The Kier molecular flexibility index (Phi) is 3.26. The van der Waals surface area contributed by atoms with Crippen molar-refractivity contribution in [2.45, 2.75) is 25.9 Å². The van der Waals surface area contributed by atoms with Crippen LogP contribution in [0.25, 0.3) is 11.0 Å². The molecular weight excluding hydrogens is 312 g/mol. The monoisotopic (exact) mass is 332 g/mol. The molecule has 2 aliphatic heterocycles. The summed E-state index contributed by atoms with van der Waals surface area (Å²) in [6.45, 7) is 3.23. The van der Waals surface area contributed by atoms with Gasteiger partial charge in [0.25, 0.3) is 5.91 Å². The summed E-state index contributed by atoms with van der Waals surface area (Å²) in [5.41, 5.74) is 5.34. The molecule has 25 heavy (non-hydrogen) atoms. The summed E-state index contributed by atoms with van der Waals surface area (Å²) in [5, 5.41) is 2.98. The maximum absolute atomic E-state index is 12.3. The highest BCUT2D eigenvalue weighted by atomic mass is 16.1. The van der Waals surface area contributed by atoms with Crippen LogP contribution >= 0.6 is 0 Å². The van der Waals surface area contributed by atoms with Crippen LogP contribution in [0.1, 0.15) is 28.2 Å². The molecule has 1 amide bonds. The summed E-state index contributed by atoms with van der Waals surface area (Å²) in [7, 11) is 0. The number of nitrogens with one attached hydrogen (secondary N) is 1. The molecule has 0 fully saturated rings. The summed E-state index contributed by atoms with van der Waals surface area (Å²) in [4.78, 5) is 19.6. The molecule has 0 saturated heterocycles. The van der Waals surface area contributed by atoms with Crippen LogP contribution in [0.15, 0.2) is 42.5 Å². The number of carbonyl (C=O) groups is 1. The van der Waals surface area contributed by atoms with Crippen LogP contribution in [0.4, 0.5) is 5.69 Å². The summed E-state index contributed by atoms with van der Waals surface area (Å²) in [6, 6.07) is 14.5. The minimum Gasteiger partial charge on any atom is -0.364 e. The summed E-state index contributed by atoms with van der Waals surface area (Å²) in [5.74, 6) is 1.04. The zero-order valence-corrected chi connectivity index (χ0v) is 14.0. The van der Waals surface area contributed by atoms with Crippen LogP contribution in [0, 0.1) is 0 Å². The van der Waals surface area contributed by atoms with E-state index in [1.54, 1.807) is 0 Å². The van der Waals surface area contributed by atoms with Gasteiger partial charge in [-0.3, -0.25) is 4.79 Å². The Morgan fingerprint density at radius 1 is 1.08 bits per heavy atom. The van der Waals surface area contributed by atoms with E-state index >= 15 is 0 Å². The second-order valence-corrected chi connectivity index (χ2v) is 6.76. The van der Waals surface area contributed by atoms with E-state index in [2.05, 4.69) is 39.0 Å². The van der Waals surface area contributed by atoms with Gasteiger partial charge in [0.15, 0.2) is 0 Å². The fourth-order valence-electron chi connectivity index (χ4n) is 4.10. The number of imidazole rings is 1. The number of rotatable bonds is 2. The molecule has 0 aliphatic carbocycles. The van der Waals surface area contributed by atoms with Crippen molar-refractivity contribution in [2.24, 2.45) is 0 Å². The van der Waals surface area contributed by atoms with E-state index in [-0.39, 0.29) is 5.91 Å². The minimum absolute atomic E-state index is 0.000817. The Morgan fingerprint density at radius 3 is 2.96 bits per heavy atom. The van der Waals surface area contributed by atoms with E-state index < -0.39 is 0 Å². The van der Waals surface area contributed by atoms with Crippen LogP contribution in [-0.4, -0.2) is 28.5 Å². The molecule has 2 aromatic carbocycles. The maximum Gasteiger partial charge on any atom is 0.253 e. The molecule has 3 heterocycles. The van der Waals surface area contributed by atoms with Crippen molar-refractivity contribution in [1.82, 2.24) is 14.9 Å². The van der Waals surface area contributed by atoms with Crippen LogP contribution in [0.5, 0.6) is 0 Å². The number of carbonyl (C=O) groups excluding carboxylic acids is 1. The molecule has 0 bridgehead atoms. The number of fused-ring (bicyclic) bond motifs is 1. The Bertz CT molecular complexity index is 975. The highest BCUT2D eigenvalue weighted by Crippen LogP contribution is 2.29. The lowest BCUT2D eigenvalue weighted by Gasteiger charge is -2.31. The number of anilines is 1. The zero-order chi connectivity index (χ0) is 16.8.